The lowest BCUT2D eigenvalue weighted by Gasteiger charge is -2.12. The first-order valence-corrected chi connectivity index (χ1v) is 39.7. The number of benzene rings is 4. The van der Waals surface area contributed by atoms with Crippen molar-refractivity contribution in [1.82, 2.24) is 0 Å². The zero-order chi connectivity index (χ0) is 55.8. The second-order valence-electron chi connectivity index (χ2n) is 15.6. The first-order chi connectivity index (χ1) is 31.4. The standard InChI is InChI=1S/C13H12.C10H18O4P2.C8H11O2P.3C3H9O2P.C2H7O2P.3C2H6/c1-3-7-12(8-4-1)11-13-9-5-2-6-10-13;1-15(2,11)13-9-6-5-7-10(8-9)14-16(3,4)12;1-11(2,9)10-8-6-4-3-5-7-8;3*1-5-6(2,3)4;1-5(2,3)4;3*1-2/h1-10H,11H2;5-8,11-12H,1-4H3;3-7H,1-2H3;3*1-3H3;1-2H3,(H,3,4);3*1-2H3/q;+2;;;;;;;;. The van der Waals surface area contributed by atoms with Crippen LogP contribution < -0.4 is 13.6 Å². The van der Waals surface area contributed by atoms with Crippen LogP contribution in [0.15, 0.2) is 115 Å². The largest absolute Gasteiger partial charge is 0.443 e. The van der Waals surface area contributed by atoms with Gasteiger partial charge in [0.1, 0.15) is 32.4 Å². The van der Waals surface area contributed by atoms with E-state index in [1.54, 1.807) is 116 Å². The van der Waals surface area contributed by atoms with Crippen molar-refractivity contribution in [3.8, 4) is 17.2 Å². The van der Waals surface area contributed by atoms with Gasteiger partial charge in [0.15, 0.2) is 41.0 Å². The van der Waals surface area contributed by atoms with Crippen molar-refractivity contribution in [1.29, 1.82) is 0 Å². The predicted molar refractivity (Wildman–Crippen MR) is 307 cm³/mol. The lowest BCUT2D eigenvalue weighted by molar-refractivity contribution is 0.403. The smallest absolute Gasteiger partial charge is 0.310 e. The molecule has 0 saturated carbocycles. The summed E-state index contributed by atoms with van der Waals surface area (Å²) in [5.74, 6) is 1.76. The number of hydrogen-bond donors (Lipinski definition) is 3. The maximum Gasteiger partial charge on any atom is 0.310 e. The Morgan fingerprint density at radius 2 is 0.623 bits per heavy atom. The maximum absolute atomic E-state index is 11.2. The molecule has 4 aromatic rings. The zero-order valence-electron chi connectivity index (χ0n) is 46.1. The van der Waals surface area contributed by atoms with Gasteiger partial charge >= 0.3 is 15.4 Å². The van der Waals surface area contributed by atoms with Crippen LogP contribution in [0.3, 0.4) is 0 Å². The quantitative estimate of drug-likeness (QED) is 0.120. The van der Waals surface area contributed by atoms with Crippen molar-refractivity contribution in [2.24, 2.45) is 0 Å². The summed E-state index contributed by atoms with van der Waals surface area (Å²) < 4.78 is 81.4. The average Bonchev–Trinajstić information content (AvgIpc) is 3.22. The lowest BCUT2D eigenvalue weighted by Crippen LogP contribution is -1.98. The molecule has 0 amide bonds. The summed E-state index contributed by atoms with van der Waals surface area (Å²) in [7, 11) is -11.8. The summed E-state index contributed by atoms with van der Waals surface area (Å²) in [4.78, 5) is 27.3. The molecule has 14 nitrogen and oxygen atoms in total. The number of hydrogen-bond acceptors (Lipinski definition) is 13. The highest BCUT2D eigenvalue weighted by Crippen LogP contribution is 2.50. The van der Waals surface area contributed by atoms with E-state index in [-0.39, 0.29) is 0 Å². The predicted octanol–water partition coefficient (Wildman–Crippen LogP) is 15.6. The van der Waals surface area contributed by atoms with Crippen molar-refractivity contribution in [3.05, 3.63) is 126 Å². The van der Waals surface area contributed by atoms with Gasteiger partial charge in [0.2, 0.25) is 7.37 Å². The van der Waals surface area contributed by atoms with E-state index in [2.05, 4.69) is 74.2 Å². The Labute approximate surface area is 421 Å². The summed E-state index contributed by atoms with van der Waals surface area (Å²) in [6.07, 6.45) is 1.03. The highest BCUT2D eigenvalue weighted by Gasteiger charge is 2.27. The second-order valence-corrected chi connectivity index (χ2v) is 35.1. The van der Waals surface area contributed by atoms with Crippen molar-refractivity contribution < 1.29 is 64.6 Å². The topological polar surface area (TPSA) is 201 Å². The third-order valence-corrected chi connectivity index (χ3v) is 10.5. The third-order valence-electron chi connectivity index (χ3n) is 5.94. The SMILES string of the molecule is CC.CC.CC.COP(C)(C)=O.COP(C)(C)=O.COP(C)(C)=O.CP(C)(=O)O.CP(C)(=O)Oc1ccccc1.C[P+](C)(O)Oc1cccc(O[P+](C)(C)O)c1.c1ccc(Cc2ccccc2)cc1. The molecule has 0 spiro atoms. The molecule has 0 saturated heterocycles. The van der Waals surface area contributed by atoms with Crippen LogP contribution >= 0.6 is 52.3 Å². The van der Waals surface area contributed by atoms with Gasteiger partial charge in [-0.05, 0) is 41.8 Å². The fourth-order valence-corrected chi connectivity index (χ4v) is 5.15. The summed E-state index contributed by atoms with van der Waals surface area (Å²) in [5, 5.41) is 0. The summed E-state index contributed by atoms with van der Waals surface area (Å²) in [6.45, 7) is 33.9. The van der Waals surface area contributed by atoms with E-state index < -0.39 is 52.3 Å². The van der Waals surface area contributed by atoms with Crippen LogP contribution in [-0.2, 0) is 42.8 Å². The van der Waals surface area contributed by atoms with Gasteiger partial charge in [-0.2, -0.15) is 0 Å². The lowest BCUT2D eigenvalue weighted by atomic mass is 10.1. The van der Waals surface area contributed by atoms with E-state index in [1.165, 1.54) is 45.8 Å². The third kappa shape index (κ3) is 75.1. The van der Waals surface area contributed by atoms with E-state index in [0.717, 1.165) is 6.42 Å². The molecule has 69 heavy (non-hydrogen) atoms. The molecule has 21 heteroatoms. The summed E-state index contributed by atoms with van der Waals surface area (Å²) >= 11 is 0. The molecule has 0 aliphatic rings. The van der Waals surface area contributed by atoms with Gasteiger partial charge in [-0.25, -0.2) is 9.79 Å². The van der Waals surface area contributed by atoms with E-state index in [9.17, 15) is 32.6 Å². The number of para-hydroxylation sites is 1. The molecule has 4 rings (SSSR count). The highest BCUT2D eigenvalue weighted by molar-refractivity contribution is 7.64. The molecular weight excluding hydrogens is 1020 g/mol. The molecule has 0 fully saturated rings. The van der Waals surface area contributed by atoms with E-state index in [1.807, 2.05) is 59.7 Å². The van der Waals surface area contributed by atoms with E-state index >= 15 is 0 Å². The Bertz CT molecular complexity index is 1890. The van der Waals surface area contributed by atoms with Crippen molar-refractivity contribution >= 4 is 52.3 Å². The fraction of sp³-hybridized carbons (Fsp3) is 0.500. The van der Waals surface area contributed by atoms with Gasteiger partial charge in [0.05, 0.1) is 0 Å². The van der Waals surface area contributed by atoms with Crippen LogP contribution in [0, 0.1) is 0 Å². The van der Waals surface area contributed by atoms with Crippen LogP contribution in [0.5, 0.6) is 17.2 Å². The fourth-order valence-electron chi connectivity index (χ4n) is 3.27. The second kappa shape index (κ2) is 42.5. The normalized spacial score (nSPS) is 10.7. The van der Waals surface area contributed by atoms with Crippen LogP contribution in [0.25, 0.3) is 0 Å². The van der Waals surface area contributed by atoms with Gasteiger partial charge in [-0.1, -0.05) is 126 Å². The molecule has 0 atom stereocenters. The van der Waals surface area contributed by atoms with Gasteiger partial charge in [0.25, 0.3) is 0 Å². The highest BCUT2D eigenvalue weighted by atomic mass is 31.2. The van der Waals surface area contributed by atoms with E-state index in [4.69, 9.17) is 18.5 Å². The van der Waals surface area contributed by atoms with Gasteiger partial charge in [-0.15, -0.1) is 0 Å². The van der Waals surface area contributed by atoms with Crippen molar-refractivity contribution in [3.63, 3.8) is 0 Å². The molecule has 402 valence electrons. The van der Waals surface area contributed by atoms with Crippen LogP contribution in [0.1, 0.15) is 52.7 Å². The van der Waals surface area contributed by atoms with E-state index in [0.29, 0.717) is 17.2 Å². The van der Waals surface area contributed by atoms with Crippen LogP contribution in [0.4, 0.5) is 0 Å². The summed E-state index contributed by atoms with van der Waals surface area (Å²) in [5.41, 5.74) is 2.74. The van der Waals surface area contributed by atoms with Crippen LogP contribution in [0.2, 0.25) is 0 Å². The van der Waals surface area contributed by atoms with Crippen molar-refractivity contribution in [2.45, 2.75) is 48.0 Å². The van der Waals surface area contributed by atoms with Gasteiger partial charge < -0.3 is 32.0 Å². The molecule has 0 radical (unpaired) electrons. The Hall–Kier alpha value is -1.95. The minimum atomic E-state index is -2.64. The first kappa shape index (κ1) is 78.5. The van der Waals surface area contributed by atoms with Gasteiger partial charge in [-0.3, -0.25) is 22.8 Å². The van der Waals surface area contributed by atoms with Crippen LogP contribution in [-0.4, -0.2) is 129 Å². The zero-order valence-corrected chi connectivity index (χ0v) is 52.4. The first-order valence-electron chi connectivity index (χ1n) is 22.0. The molecule has 3 N–H and O–H groups in total. The molecule has 0 unspecified atom stereocenters. The Morgan fingerprint density at radius 3 is 0.826 bits per heavy atom. The molecule has 0 heterocycles. The molecule has 0 aliphatic carbocycles. The molecule has 0 aromatic heterocycles. The van der Waals surface area contributed by atoms with Crippen molar-refractivity contribution in [2.75, 3.05) is 115 Å². The Kier molecular flexibility index (Phi) is 48.4. The Balaban J connectivity index is -0.000000171. The molecule has 0 bridgehead atoms. The molecule has 4 aromatic carbocycles. The molecule has 0 aliphatic heterocycles. The van der Waals surface area contributed by atoms with Gasteiger partial charge in [0, 0.05) is 94.0 Å². The summed E-state index contributed by atoms with van der Waals surface area (Å²) in [6, 6.07) is 37.2. The maximum atomic E-state index is 11.2. The number of rotatable bonds is 11. The minimum absolute atomic E-state index is 0.548. The molecular formula is C48H93O14P7+2. The average molecular weight is 1110 g/mol. The monoisotopic (exact) mass is 1110 g/mol. The minimum Gasteiger partial charge on any atom is -0.443 e. The Morgan fingerprint density at radius 1 is 0.406 bits per heavy atom.